The Labute approximate surface area is 109 Å². The molecule has 1 atom stereocenters. The fraction of sp³-hybridized carbons (Fsp3) is 0.846. The molecule has 1 aromatic heterocycles. The highest BCUT2D eigenvalue weighted by molar-refractivity contribution is 5.12. The van der Waals surface area contributed by atoms with Crippen molar-refractivity contribution in [1.82, 2.24) is 15.0 Å². The van der Waals surface area contributed by atoms with Gasteiger partial charge in [0.05, 0.1) is 24.0 Å². The molecule has 0 amide bonds. The molecule has 2 N–H and O–H groups in total. The van der Waals surface area contributed by atoms with Gasteiger partial charge in [-0.25, -0.2) is 4.68 Å². The van der Waals surface area contributed by atoms with E-state index in [1.165, 1.54) is 25.0 Å². The summed E-state index contributed by atoms with van der Waals surface area (Å²) in [6.07, 6.45) is 5.66. The molecule has 1 fully saturated rings. The number of hydrogen-bond donors (Lipinski definition) is 1. The zero-order valence-corrected chi connectivity index (χ0v) is 11.4. The summed E-state index contributed by atoms with van der Waals surface area (Å²) < 4.78 is 7.29. The first-order chi connectivity index (χ1) is 8.77. The second-order valence-corrected chi connectivity index (χ2v) is 5.14. The molecule has 1 heterocycles. The van der Waals surface area contributed by atoms with Gasteiger partial charge < -0.3 is 10.5 Å². The van der Waals surface area contributed by atoms with Gasteiger partial charge in [0.15, 0.2) is 0 Å². The molecule has 18 heavy (non-hydrogen) atoms. The minimum atomic E-state index is 0.449. The molecule has 1 unspecified atom stereocenters. The molecular weight excluding hydrogens is 228 g/mol. The molecule has 1 aliphatic rings. The highest BCUT2D eigenvalue weighted by Crippen LogP contribution is 2.36. The minimum Gasteiger partial charge on any atom is -0.384 e. The van der Waals surface area contributed by atoms with Crippen LogP contribution in [0, 0.1) is 5.92 Å². The zero-order valence-electron chi connectivity index (χ0n) is 11.4. The Morgan fingerprint density at radius 1 is 1.44 bits per heavy atom. The summed E-state index contributed by atoms with van der Waals surface area (Å²) in [5.74, 6) is 0.763. The third-order valence-electron chi connectivity index (χ3n) is 4.01. The van der Waals surface area contributed by atoms with Crippen molar-refractivity contribution in [1.29, 1.82) is 0 Å². The number of nitrogens with zero attached hydrogens (tertiary/aromatic N) is 3. The largest absolute Gasteiger partial charge is 0.384 e. The molecule has 1 aliphatic carbocycles. The van der Waals surface area contributed by atoms with E-state index in [2.05, 4.69) is 21.9 Å². The van der Waals surface area contributed by atoms with E-state index < -0.39 is 0 Å². The molecule has 102 valence electrons. The van der Waals surface area contributed by atoms with Crippen LogP contribution in [-0.4, -0.2) is 35.3 Å². The van der Waals surface area contributed by atoms with Gasteiger partial charge in [0.1, 0.15) is 0 Å². The molecule has 0 spiro atoms. The molecule has 0 aromatic carbocycles. The quantitative estimate of drug-likeness (QED) is 0.795. The molecule has 0 bridgehead atoms. The van der Waals surface area contributed by atoms with Crippen LogP contribution in [0.2, 0.25) is 0 Å². The van der Waals surface area contributed by atoms with Crippen LogP contribution in [-0.2, 0) is 17.6 Å². The smallest absolute Gasteiger partial charge is 0.0872 e. The summed E-state index contributed by atoms with van der Waals surface area (Å²) >= 11 is 0. The lowest BCUT2D eigenvalue weighted by Gasteiger charge is -2.32. The highest BCUT2D eigenvalue weighted by Gasteiger charge is 2.28. The van der Waals surface area contributed by atoms with Crippen molar-refractivity contribution in [3.8, 4) is 0 Å². The molecule has 0 saturated heterocycles. The molecule has 0 radical (unpaired) electrons. The second kappa shape index (κ2) is 6.29. The van der Waals surface area contributed by atoms with Crippen molar-refractivity contribution in [3.05, 3.63) is 11.4 Å². The number of ether oxygens (including phenoxy) is 1. The number of nitrogens with two attached hydrogens (primary N) is 1. The third-order valence-corrected chi connectivity index (χ3v) is 4.01. The van der Waals surface area contributed by atoms with Gasteiger partial charge in [-0.1, -0.05) is 11.6 Å². The molecule has 1 saturated carbocycles. The van der Waals surface area contributed by atoms with Crippen LogP contribution in [0.5, 0.6) is 0 Å². The molecular formula is C13H24N4O. The van der Waals surface area contributed by atoms with Gasteiger partial charge in [-0.15, -0.1) is 5.10 Å². The normalized spacial score (nSPS) is 17.7. The fourth-order valence-corrected chi connectivity index (χ4v) is 2.58. The lowest BCUT2D eigenvalue weighted by molar-refractivity contribution is 0.187. The van der Waals surface area contributed by atoms with Crippen LogP contribution in [0.1, 0.15) is 43.6 Å². The summed E-state index contributed by atoms with van der Waals surface area (Å²) in [5.41, 5.74) is 7.88. The number of methoxy groups -OCH3 is 1. The van der Waals surface area contributed by atoms with E-state index >= 15 is 0 Å². The van der Waals surface area contributed by atoms with Crippen molar-refractivity contribution in [2.24, 2.45) is 11.7 Å². The lowest BCUT2D eigenvalue weighted by Crippen LogP contribution is -2.25. The van der Waals surface area contributed by atoms with Gasteiger partial charge in [-0.2, -0.15) is 0 Å². The van der Waals surface area contributed by atoms with Gasteiger partial charge in [-0.05, 0) is 32.2 Å². The van der Waals surface area contributed by atoms with Gasteiger partial charge in [0.25, 0.3) is 0 Å². The van der Waals surface area contributed by atoms with Crippen LogP contribution >= 0.6 is 0 Å². The maximum Gasteiger partial charge on any atom is 0.0872 e. The van der Waals surface area contributed by atoms with Crippen molar-refractivity contribution in [3.63, 3.8) is 0 Å². The Morgan fingerprint density at radius 3 is 2.78 bits per heavy atom. The third kappa shape index (κ3) is 2.72. The number of hydrogen-bond acceptors (Lipinski definition) is 4. The SMILES string of the molecule is COCCc1c(CCN)nnn1C(C)C1CCC1. The van der Waals surface area contributed by atoms with Crippen molar-refractivity contribution in [2.45, 2.75) is 45.1 Å². The predicted molar refractivity (Wildman–Crippen MR) is 70.4 cm³/mol. The van der Waals surface area contributed by atoms with Gasteiger partial charge >= 0.3 is 0 Å². The van der Waals surface area contributed by atoms with E-state index in [4.69, 9.17) is 10.5 Å². The van der Waals surface area contributed by atoms with Crippen LogP contribution in [0.3, 0.4) is 0 Å². The van der Waals surface area contributed by atoms with Gasteiger partial charge in [0, 0.05) is 20.0 Å². The first-order valence-electron chi connectivity index (χ1n) is 6.89. The Balaban J connectivity index is 2.16. The Kier molecular flexibility index (Phi) is 4.72. The minimum absolute atomic E-state index is 0.449. The maximum atomic E-state index is 5.63. The topological polar surface area (TPSA) is 66.0 Å². The monoisotopic (exact) mass is 252 g/mol. The summed E-state index contributed by atoms with van der Waals surface area (Å²) in [6.45, 7) is 3.58. The van der Waals surface area contributed by atoms with Gasteiger partial charge in [-0.3, -0.25) is 0 Å². The first kappa shape index (κ1) is 13.5. The van der Waals surface area contributed by atoms with Gasteiger partial charge in [0.2, 0.25) is 0 Å². The van der Waals surface area contributed by atoms with Crippen molar-refractivity contribution < 1.29 is 4.74 Å². The molecule has 5 heteroatoms. The lowest BCUT2D eigenvalue weighted by atomic mass is 9.80. The molecule has 0 aliphatic heterocycles. The second-order valence-electron chi connectivity index (χ2n) is 5.14. The fourth-order valence-electron chi connectivity index (χ4n) is 2.58. The average molecular weight is 252 g/mol. The summed E-state index contributed by atoms with van der Waals surface area (Å²) in [6, 6.07) is 0.449. The average Bonchev–Trinajstić information content (AvgIpc) is 2.67. The first-order valence-corrected chi connectivity index (χ1v) is 6.89. The predicted octanol–water partition coefficient (Wildman–Crippen LogP) is 1.33. The van der Waals surface area contributed by atoms with E-state index in [1.54, 1.807) is 7.11 Å². The van der Waals surface area contributed by atoms with Crippen LogP contribution in [0.25, 0.3) is 0 Å². The van der Waals surface area contributed by atoms with E-state index in [9.17, 15) is 0 Å². The van der Waals surface area contributed by atoms with E-state index in [0.29, 0.717) is 19.2 Å². The standard InChI is InChI=1S/C13H24N4O/c1-10(11-4-3-5-11)17-13(7-9-18-2)12(6-8-14)15-16-17/h10-11H,3-9,14H2,1-2H3. The van der Waals surface area contributed by atoms with Crippen molar-refractivity contribution in [2.75, 3.05) is 20.3 Å². The van der Waals surface area contributed by atoms with Crippen molar-refractivity contribution >= 4 is 0 Å². The summed E-state index contributed by atoms with van der Waals surface area (Å²) in [7, 11) is 1.73. The van der Waals surface area contributed by atoms with E-state index in [1.807, 2.05) is 0 Å². The Hall–Kier alpha value is -0.940. The highest BCUT2D eigenvalue weighted by atomic mass is 16.5. The summed E-state index contributed by atoms with van der Waals surface area (Å²) in [5, 5.41) is 8.64. The Bertz CT molecular complexity index is 373. The van der Waals surface area contributed by atoms with Crippen LogP contribution < -0.4 is 5.73 Å². The number of rotatable bonds is 7. The van der Waals surface area contributed by atoms with Crippen LogP contribution in [0.4, 0.5) is 0 Å². The molecule has 1 aromatic rings. The van der Waals surface area contributed by atoms with Crippen LogP contribution in [0.15, 0.2) is 0 Å². The molecule has 2 rings (SSSR count). The maximum absolute atomic E-state index is 5.63. The molecule has 5 nitrogen and oxygen atoms in total. The Morgan fingerprint density at radius 2 is 2.22 bits per heavy atom. The zero-order chi connectivity index (χ0) is 13.0. The van der Waals surface area contributed by atoms with E-state index in [0.717, 1.165) is 24.5 Å². The summed E-state index contributed by atoms with van der Waals surface area (Å²) in [4.78, 5) is 0. The number of aromatic nitrogens is 3. The van der Waals surface area contributed by atoms with E-state index in [-0.39, 0.29) is 0 Å².